The van der Waals surface area contributed by atoms with Gasteiger partial charge in [0.05, 0.1) is 12.2 Å². The number of ether oxygens (including phenoxy) is 1. The predicted octanol–water partition coefficient (Wildman–Crippen LogP) is 1.73. The van der Waals surface area contributed by atoms with Gasteiger partial charge in [0.1, 0.15) is 12.0 Å². The highest BCUT2D eigenvalue weighted by molar-refractivity contribution is 5.91. The first kappa shape index (κ1) is 17.9. The topological polar surface area (TPSA) is 96.6 Å². The third-order valence-electron chi connectivity index (χ3n) is 4.30. The first-order chi connectivity index (χ1) is 12.6. The summed E-state index contributed by atoms with van der Waals surface area (Å²) in [5, 5.41) is 3.18. The van der Waals surface area contributed by atoms with Gasteiger partial charge in [-0.2, -0.15) is 0 Å². The van der Waals surface area contributed by atoms with Gasteiger partial charge in [-0.25, -0.2) is 14.8 Å². The Bertz CT molecular complexity index is 774. The lowest BCUT2D eigenvalue weighted by molar-refractivity contribution is 0.0526. The van der Waals surface area contributed by atoms with Gasteiger partial charge in [-0.3, -0.25) is 0 Å². The fraction of sp³-hybridized carbons (Fsp3) is 0.389. The van der Waals surface area contributed by atoms with Crippen LogP contribution in [0.3, 0.4) is 0 Å². The molecule has 0 radical (unpaired) electrons. The molecule has 0 amide bonds. The summed E-state index contributed by atoms with van der Waals surface area (Å²) in [4.78, 5) is 24.9. The van der Waals surface area contributed by atoms with Crippen LogP contribution in [0.4, 0.5) is 23.0 Å². The zero-order chi connectivity index (χ0) is 18.5. The van der Waals surface area contributed by atoms with E-state index >= 15 is 0 Å². The average Bonchev–Trinajstić information content (AvgIpc) is 2.65. The van der Waals surface area contributed by atoms with Gasteiger partial charge in [-0.1, -0.05) is 6.07 Å². The van der Waals surface area contributed by atoms with Gasteiger partial charge in [0.2, 0.25) is 0 Å². The van der Waals surface area contributed by atoms with Crippen molar-refractivity contribution in [3.05, 3.63) is 36.2 Å². The molecule has 0 bridgehead atoms. The molecule has 2 aromatic rings. The highest BCUT2D eigenvalue weighted by Gasteiger charge is 2.19. The van der Waals surface area contributed by atoms with Crippen LogP contribution in [0.15, 0.2) is 30.6 Å². The second kappa shape index (κ2) is 8.01. The number of hydrogen-bond donors (Lipinski definition) is 2. The van der Waals surface area contributed by atoms with Crippen molar-refractivity contribution in [3.63, 3.8) is 0 Å². The van der Waals surface area contributed by atoms with Crippen molar-refractivity contribution in [2.24, 2.45) is 0 Å². The number of hydrogen-bond acceptors (Lipinski definition) is 8. The minimum Gasteiger partial charge on any atom is -0.462 e. The number of anilines is 4. The van der Waals surface area contributed by atoms with E-state index in [1.54, 1.807) is 25.1 Å². The minimum absolute atomic E-state index is 0.337. The molecule has 0 unspecified atom stereocenters. The molecule has 26 heavy (non-hydrogen) atoms. The van der Waals surface area contributed by atoms with Gasteiger partial charge in [0, 0.05) is 31.9 Å². The standard InChI is InChI=1S/C18H24N6O2/c1-3-26-18(25)13-5-4-6-14(11-13)22-16-15(19)17(21-12-20-16)24-9-7-23(2)8-10-24/h4-6,11-12H,3,7-10,19H2,1-2H3,(H,20,21,22). The van der Waals surface area contributed by atoms with Crippen LogP contribution in [0.25, 0.3) is 0 Å². The summed E-state index contributed by atoms with van der Waals surface area (Å²) in [5.41, 5.74) is 8.00. The Hall–Kier alpha value is -2.87. The largest absolute Gasteiger partial charge is 0.462 e. The Morgan fingerprint density at radius 3 is 2.77 bits per heavy atom. The third-order valence-corrected chi connectivity index (χ3v) is 4.30. The molecule has 8 heteroatoms. The zero-order valence-corrected chi connectivity index (χ0v) is 15.1. The van der Waals surface area contributed by atoms with Crippen molar-refractivity contribution < 1.29 is 9.53 Å². The van der Waals surface area contributed by atoms with E-state index in [0.717, 1.165) is 32.0 Å². The van der Waals surface area contributed by atoms with E-state index in [0.29, 0.717) is 29.4 Å². The molecule has 1 aliphatic rings. The van der Waals surface area contributed by atoms with Crippen LogP contribution in [0.5, 0.6) is 0 Å². The van der Waals surface area contributed by atoms with Crippen molar-refractivity contribution in [1.29, 1.82) is 0 Å². The maximum Gasteiger partial charge on any atom is 0.338 e. The Kier molecular flexibility index (Phi) is 5.52. The van der Waals surface area contributed by atoms with Crippen LogP contribution < -0.4 is 16.0 Å². The minimum atomic E-state index is -0.357. The molecule has 3 rings (SSSR count). The summed E-state index contributed by atoms with van der Waals surface area (Å²) in [6.45, 7) is 5.79. The zero-order valence-electron chi connectivity index (χ0n) is 15.1. The molecule has 0 saturated carbocycles. The number of likely N-dealkylation sites (N-methyl/N-ethyl adjacent to an activating group) is 1. The molecule has 0 spiro atoms. The first-order valence-electron chi connectivity index (χ1n) is 8.66. The third kappa shape index (κ3) is 4.02. The SMILES string of the molecule is CCOC(=O)c1cccc(Nc2ncnc(N3CCN(C)CC3)c2N)c1. The Labute approximate surface area is 153 Å². The first-order valence-corrected chi connectivity index (χ1v) is 8.66. The number of nitrogens with zero attached hydrogens (tertiary/aromatic N) is 4. The number of carbonyl (C=O) groups is 1. The second-order valence-electron chi connectivity index (χ2n) is 6.18. The Morgan fingerprint density at radius 2 is 2.04 bits per heavy atom. The van der Waals surface area contributed by atoms with E-state index in [1.165, 1.54) is 6.33 Å². The van der Waals surface area contributed by atoms with Crippen LogP contribution in [-0.2, 0) is 4.74 Å². The molecule has 2 heterocycles. The molecule has 1 aliphatic heterocycles. The van der Waals surface area contributed by atoms with Gasteiger partial charge in [0.25, 0.3) is 0 Å². The number of nitrogen functional groups attached to an aromatic ring is 1. The lowest BCUT2D eigenvalue weighted by atomic mass is 10.2. The van der Waals surface area contributed by atoms with Gasteiger partial charge < -0.3 is 25.6 Å². The van der Waals surface area contributed by atoms with Gasteiger partial charge in [-0.05, 0) is 32.2 Å². The molecule has 1 aromatic carbocycles. The molecule has 0 atom stereocenters. The fourth-order valence-electron chi connectivity index (χ4n) is 2.83. The van der Waals surface area contributed by atoms with Crippen molar-refractivity contribution in [1.82, 2.24) is 14.9 Å². The highest BCUT2D eigenvalue weighted by atomic mass is 16.5. The number of carbonyl (C=O) groups excluding carboxylic acids is 1. The molecule has 1 fully saturated rings. The fourth-order valence-corrected chi connectivity index (χ4v) is 2.83. The van der Waals surface area contributed by atoms with E-state index in [4.69, 9.17) is 10.5 Å². The number of benzene rings is 1. The summed E-state index contributed by atoms with van der Waals surface area (Å²) in [7, 11) is 2.10. The van der Waals surface area contributed by atoms with Gasteiger partial charge in [-0.15, -0.1) is 0 Å². The Balaban J connectivity index is 1.79. The number of rotatable bonds is 5. The lowest BCUT2D eigenvalue weighted by Crippen LogP contribution is -2.45. The molecule has 0 aliphatic carbocycles. The number of nitrogens with two attached hydrogens (primary N) is 1. The van der Waals surface area contributed by atoms with Crippen molar-refractivity contribution in [3.8, 4) is 0 Å². The molecule has 3 N–H and O–H groups in total. The van der Waals surface area contributed by atoms with E-state index < -0.39 is 0 Å². The summed E-state index contributed by atoms with van der Waals surface area (Å²) in [5.74, 6) is 0.900. The maximum atomic E-state index is 11.9. The molecule has 1 aromatic heterocycles. The average molecular weight is 356 g/mol. The van der Waals surface area contributed by atoms with Gasteiger partial charge in [0.15, 0.2) is 11.6 Å². The smallest absolute Gasteiger partial charge is 0.338 e. The molecule has 1 saturated heterocycles. The molecular formula is C18H24N6O2. The van der Waals surface area contributed by atoms with Crippen LogP contribution >= 0.6 is 0 Å². The van der Waals surface area contributed by atoms with Gasteiger partial charge >= 0.3 is 5.97 Å². The number of nitrogens with one attached hydrogen (secondary N) is 1. The summed E-state index contributed by atoms with van der Waals surface area (Å²) >= 11 is 0. The van der Waals surface area contributed by atoms with E-state index in [2.05, 4.69) is 32.1 Å². The number of piperazine rings is 1. The van der Waals surface area contributed by atoms with E-state index in [-0.39, 0.29) is 5.97 Å². The van der Waals surface area contributed by atoms with Crippen molar-refractivity contribution in [2.75, 3.05) is 55.8 Å². The molecule has 138 valence electrons. The number of aromatic nitrogens is 2. The predicted molar refractivity (Wildman–Crippen MR) is 102 cm³/mol. The van der Waals surface area contributed by atoms with Crippen LogP contribution in [0, 0.1) is 0 Å². The summed E-state index contributed by atoms with van der Waals surface area (Å²) in [6.07, 6.45) is 1.50. The normalized spacial score (nSPS) is 14.9. The van der Waals surface area contributed by atoms with Crippen molar-refractivity contribution >= 4 is 29.0 Å². The van der Waals surface area contributed by atoms with Crippen LogP contribution in [-0.4, -0.2) is 60.7 Å². The lowest BCUT2D eigenvalue weighted by Gasteiger charge is -2.33. The highest BCUT2D eigenvalue weighted by Crippen LogP contribution is 2.29. The number of esters is 1. The monoisotopic (exact) mass is 356 g/mol. The Morgan fingerprint density at radius 1 is 1.27 bits per heavy atom. The van der Waals surface area contributed by atoms with Crippen LogP contribution in [0.2, 0.25) is 0 Å². The van der Waals surface area contributed by atoms with Crippen molar-refractivity contribution in [2.45, 2.75) is 6.92 Å². The van der Waals surface area contributed by atoms with E-state index in [1.807, 2.05) is 6.07 Å². The maximum absolute atomic E-state index is 11.9. The molecule has 8 nitrogen and oxygen atoms in total. The summed E-state index contributed by atoms with van der Waals surface area (Å²) < 4.78 is 5.04. The van der Waals surface area contributed by atoms with Crippen LogP contribution in [0.1, 0.15) is 17.3 Å². The molecular weight excluding hydrogens is 332 g/mol. The summed E-state index contributed by atoms with van der Waals surface area (Å²) in [6, 6.07) is 7.06. The second-order valence-corrected chi connectivity index (χ2v) is 6.18. The van der Waals surface area contributed by atoms with E-state index in [9.17, 15) is 4.79 Å². The quantitative estimate of drug-likeness (QED) is 0.782.